The van der Waals surface area contributed by atoms with Crippen molar-refractivity contribution in [3.8, 4) is 0 Å². The minimum absolute atomic E-state index is 0.105. The third kappa shape index (κ3) is 1.99. The lowest BCUT2D eigenvalue weighted by Crippen LogP contribution is -2.29. The number of anilines is 1. The molecule has 7 nitrogen and oxygen atoms in total. The molecule has 1 aliphatic carbocycles. The third-order valence-corrected chi connectivity index (χ3v) is 3.02. The average Bonchev–Trinajstić information content (AvgIpc) is 3.06. The monoisotopic (exact) mass is 247 g/mol. The summed E-state index contributed by atoms with van der Waals surface area (Å²) in [6.07, 6.45) is 7.34. The van der Waals surface area contributed by atoms with E-state index >= 15 is 0 Å². The van der Waals surface area contributed by atoms with Crippen LogP contribution in [0.4, 0.5) is 5.82 Å². The third-order valence-electron chi connectivity index (χ3n) is 3.02. The highest BCUT2D eigenvalue weighted by atomic mass is 16.4. The summed E-state index contributed by atoms with van der Waals surface area (Å²) in [6, 6.07) is 0.389. The number of hydrogen-bond acceptors (Lipinski definition) is 5. The first-order valence-corrected chi connectivity index (χ1v) is 5.88. The van der Waals surface area contributed by atoms with Crippen molar-refractivity contribution in [2.24, 2.45) is 0 Å². The van der Waals surface area contributed by atoms with Gasteiger partial charge in [-0.15, -0.1) is 10.2 Å². The van der Waals surface area contributed by atoms with E-state index < -0.39 is 5.97 Å². The standard InChI is InChI=1S/C11H13N5O2/c17-9(18)3-5-16(8-1-2-8)10-11-14-13-7-15(11)6-4-12-10/h4,6-8H,1-3,5H2,(H,17,18). The zero-order chi connectivity index (χ0) is 12.5. The van der Waals surface area contributed by atoms with Crippen molar-refractivity contribution in [3.63, 3.8) is 0 Å². The van der Waals surface area contributed by atoms with E-state index in [0.717, 1.165) is 18.7 Å². The quantitative estimate of drug-likeness (QED) is 0.831. The Hall–Kier alpha value is -2.18. The van der Waals surface area contributed by atoms with Crippen LogP contribution in [0.5, 0.6) is 0 Å². The zero-order valence-electron chi connectivity index (χ0n) is 9.73. The molecule has 0 bridgehead atoms. The lowest BCUT2D eigenvalue weighted by atomic mass is 10.3. The Morgan fingerprint density at radius 3 is 3.11 bits per heavy atom. The molecule has 18 heavy (non-hydrogen) atoms. The van der Waals surface area contributed by atoms with E-state index in [9.17, 15) is 4.79 Å². The van der Waals surface area contributed by atoms with Crippen molar-refractivity contribution in [1.82, 2.24) is 19.6 Å². The molecule has 2 heterocycles. The molecule has 3 rings (SSSR count). The lowest BCUT2D eigenvalue weighted by Gasteiger charge is -2.22. The number of nitrogens with zero attached hydrogens (tertiary/aromatic N) is 5. The van der Waals surface area contributed by atoms with Crippen LogP contribution in [0.1, 0.15) is 19.3 Å². The second-order valence-electron chi connectivity index (χ2n) is 4.38. The minimum atomic E-state index is -0.797. The first-order chi connectivity index (χ1) is 8.75. The van der Waals surface area contributed by atoms with E-state index in [2.05, 4.69) is 15.2 Å². The fourth-order valence-electron chi connectivity index (χ4n) is 2.01. The number of rotatable bonds is 5. The van der Waals surface area contributed by atoms with Gasteiger partial charge in [-0.2, -0.15) is 0 Å². The van der Waals surface area contributed by atoms with Gasteiger partial charge in [-0.25, -0.2) is 4.98 Å². The topological polar surface area (TPSA) is 83.6 Å². The Morgan fingerprint density at radius 2 is 2.39 bits per heavy atom. The normalized spacial score (nSPS) is 14.9. The molecule has 0 radical (unpaired) electrons. The minimum Gasteiger partial charge on any atom is -0.481 e. The number of hydrogen-bond donors (Lipinski definition) is 1. The predicted molar refractivity (Wildman–Crippen MR) is 63.4 cm³/mol. The van der Waals surface area contributed by atoms with Crippen LogP contribution in [0.25, 0.3) is 5.65 Å². The second-order valence-corrected chi connectivity index (χ2v) is 4.38. The Bertz CT molecular complexity index is 578. The van der Waals surface area contributed by atoms with Gasteiger partial charge in [-0.3, -0.25) is 9.20 Å². The highest BCUT2D eigenvalue weighted by Crippen LogP contribution is 2.32. The zero-order valence-corrected chi connectivity index (χ0v) is 9.73. The van der Waals surface area contributed by atoms with Gasteiger partial charge in [0, 0.05) is 25.0 Å². The largest absolute Gasteiger partial charge is 0.481 e. The predicted octanol–water partition coefficient (Wildman–Crippen LogP) is 0.568. The van der Waals surface area contributed by atoms with Gasteiger partial charge in [0.2, 0.25) is 5.65 Å². The molecule has 0 saturated heterocycles. The molecule has 0 aliphatic heterocycles. The molecule has 0 unspecified atom stereocenters. The molecule has 0 spiro atoms. The van der Waals surface area contributed by atoms with E-state index in [1.54, 1.807) is 23.1 Å². The van der Waals surface area contributed by atoms with Crippen LogP contribution in [0.2, 0.25) is 0 Å². The molecule has 0 aromatic carbocycles. The number of aliphatic carboxylic acids is 1. The van der Waals surface area contributed by atoms with E-state index in [-0.39, 0.29) is 6.42 Å². The number of fused-ring (bicyclic) bond motifs is 1. The van der Waals surface area contributed by atoms with E-state index in [1.807, 2.05) is 4.90 Å². The van der Waals surface area contributed by atoms with Crippen LogP contribution < -0.4 is 4.90 Å². The SMILES string of the molecule is O=C(O)CCN(c1nccn2cnnc12)C1CC1. The van der Waals surface area contributed by atoms with Gasteiger partial charge in [-0.05, 0) is 12.8 Å². The Labute approximate surface area is 103 Å². The molecular weight excluding hydrogens is 234 g/mol. The fraction of sp³-hybridized carbons (Fsp3) is 0.455. The van der Waals surface area contributed by atoms with Crippen molar-refractivity contribution in [3.05, 3.63) is 18.7 Å². The van der Waals surface area contributed by atoms with Gasteiger partial charge < -0.3 is 10.0 Å². The van der Waals surface area contributed by atoms with Crippen molar-refractivity contribution >= 4 is 17.4 Å². The maximum absolute atomic E-state index is 10.7. The molecule has 2 aromatic rings. The number of aromatic nitrogens is 4. The van der Waals surface area contributed by atoms with E-state index in [0.29, 0.717) is 18.2 Å². The molecule has 1 N–H and O–H groups in total. The molecule has 1 aliphatic rings. The van der Waals surface area contributed by atoms with Crippen LogP contribution in [-0.2, 0) is 4.79 Å². The van der Waals surface area contributed by atoms with Crippen molar-refractivity contribution < 1.29 is 9.90 Å². The van der Waals surface area contributed by atoms with Gasteiger partial charge in [0.1, 0.15) is 6.33 Å². The molecule has 2 aromatic heterocycles. The maximum Gasteiger partial charge on any atom is 0.305 e. The number of carboxylic acids is 1. The first-order valence-electron chi connectivity index (χ1n) is 5.88. The molecular formula is C11H13N5O2. The summed E-state index contributed by atoms with van der Waals surface area (Å²) in [6.45, 7) is 0.458. The molecule has 94 valence electrons. The van der Waals surface area contributed by atoms with E-state index in [1.165, 1.54) is 0 Å². The van der Waals surface area contributed by atoms with Crippen LogP contribution in [0.15, 0.2) is 18.7 Å². The van der Waals surface area contributed by atoms with Crippen molar-refractivity contribution in [1.29, 1.82) is 0 Å². The smallest absolute Gasteiger partial charge is 0.305 e. The van der Waals surface area contributed by atoms with Gasteiger partial charge >= 0.3 is 5.97 Å². The molecule has 1 saturated carbocycles. The summed E-state index contributed by atoms with van der Waals surface area (Å²) in [5, 5.41) is 16.7. The first kappa shape index (κ1) is 10.9. The Morgan fingerprint density at radius 1 is 1.56 bits per heavy atom. The molecule has 1 fully saturated rings. The average molecular weight is 247 g/mol. The van der Waals surface area contributed by atoms with Crippen molar-refractivity contribution in [2.45, 2.75) is 25.3 Å². The summed E-state index contributed by atoms with van der Waals surface area (Å²) in [5.74, 6) is -0.0761. The molecule has 0 atom stereocenters. The van der Waals surface area contributed by atoms with Crippen LogP contribution in [-0.4, -0.2) is 43.2 Å². The Kier molecular flexibility index (Phi) is 2.58. The summed E-state index contributed by atoms with van der Waals surface area (Å²) < 4.78 is 1.79. The van der Waals surface area contributed by atoms with Crippen LogP contribution >= 0.6 is 0 Å². The molecule has 7 heteroatoms. The van der Waals surface area contributed by atoms with Gasteiger partial charge in [0.15, 0.2) is 5.82 Å². The fourth-order valence-corrected chi connectivity index (χ4v) is 2.01. The summed E-state index contributed by atoms with van der Waals surface area (Å²) in [5.41, 5.74) is 0.676. The van der Waals surface area contributed by atoms with Gasteiger partial charge in [0.25, 0.3) is 0 Å². The van der Waals surface area contributed by atoms with Crippen molar-refractivity contribution in [2.75, 3.05) is 11.4 Å². The maximum atomic E-state index is 10.7. The summed E-state index contributed by atoms with van der Waals surface area (Å²) >= 11 is 0. The van der Waals surface area contributed by atoms with E-state index in [4.69, 9.17) is 5.11 Å². The summed E-state index contributed by atoms with van der Waals surface area (Å²) in [7, 11) is 0. The highest BCUT2D eigenvalue weighted by molar-refractivity contribution is 5.69. The van der Waals surface area contributed by atoms with Gasteiger partial charge in [-0.1, -0.05) is 0 Å². The Balaban J connectivity index is 1.93. The van der Waals surface area contributed by atoms with Crippen LogP contribution in [0.3, 0.4) is 0 Å². The van der Waals surface area contributed by atoms with Crippen LogP contribution in [0, 0.1) is 0 Å². The summed E-state index contributed by atoms with van der Waals surface area (Å²) in [4.78, 5) is 17.1. The van der Waals surface area contributed by atoms with Gasteiger partial charge in [0.05, 0.1) is 6.42 Å². The number of carbonyl (C=O) groups is 1. The second kappa shape index (κ2) is 4.25. The molecule has 0 amide bonds. The lowest BCUT2D eigenvalue weighted by molar-refractivity contribution is -0.136. The highest BCUT2D eigenvalue weighted by Gasteiger charge is 2.31. The number of carboxylic acid groups (broad SMARTS) is 1.